The van der Waals surface area contributed by atoms with Gasteiger partial charge in [0.25, 0.3) is 0 Å². The number of furan rings is 1. The number of hydrogen-bond acceptors (Lipinski definition) is 3. The van der Waals surface area contributed by atoms with Gasteiger partial charge in [-0.05, 0) is 40.2 Å². The van der Waals surface area contributed by atoms with Gasteiger partial charge in [0.1, 0.15) is 5.76 Å². The molecule has 19 heavy (non-hydrogen) atoms. The molecule has 1 atom stereocenters. The van der Waals surface area contributed by atoms with Crippen molar-refractivity contribution < 1.29 is 4.42 Å². The van der Waals surface area contributed by atoms with Crippen molar-refractivity contribution in [3.8, 4) is 0 Å². The van der Waals surface area contributed by atoms with Crippen LogP contribution in [-0.4, -0.2) is 0 Å². The standard InChI is InChI=1S/C13H8BrCl2NOS/c14-7-3-11(19-5-7)12(17)10-2-6-1-8(15)4-9(16)13(6)18-10/h1-5,12H,17H2. The van der Waals surface area contributed by atoms with E-state index in [1.807, 2.05) is 23.6 Å². The van der Waals surface area contributed by atoms with Crippen molar-refractivity contribution in [1.82, 2.24) is 0 Å². The largest absolute Gasteiger partial charge is 0.457 e. The molecule has 0 spiro atoms. The molecule has 6 heteroatoms. The van der Waals surface area contributed by atoms with E-state index >= 15 is 0 Å². The zero-order valence-corrected chi connectivity index (χ0v) is 13.4. The molecule has 0 fully saturated rings. The second-order valence-electron chi connectivity index (χ2n) is 4.10. The second kappa shape index (κ2) is 5.11. The van der Waals surface area contributed by atoms with Crippen LogP contribution >= 0.6 is 50.5 Å². The zero-order chi connectivity index (χ0) is 13.6. The lowest BCUT2D eigenvalue weighted by Crippen LogP contribution is -2.08. The van der Waals surface area contributed by atoms with Crippen LogP contribution in [0.15, 0.2) is 38.5 Å². The van der Waals surface area contributed by atoms with Crippen LogP contribution < -0.4 is 5.73 Å². The third kappa shape index (κ3) is 2.56. The number of rotatable bonds is 2. The van der Waals surface area contributed by atoms with Crippen LogP contribution in [-0.2, 0) is 0 Å². The topological polar surface area (TPSA) is 39.2 Å². The van der Waals surface area contributed by atoms with Gasteiger partial charge in [0.05, 0.1) is 11.1 Å². The molecule has 3 aromatic rings. The smallest absolute Gasteiger partial charge is 0.153 e. The maximum absolute atomic E-state index is 6.20. The molecule has 2 aromatic heterocycles. The molecule has 2 nitrogen and oxygen atoms in total. The molecular weight excluding hydrogens is 369 g/mol. The summed E-state index contributed by atoms with van der Waals surface area (Å²) in [7, 11) is 0. The van der Waals surface area contributed by atoms with Crippen molar-refractivity contribution in [2.24, 2.45) is 5.73 Å². The highest BCUT2D eigenvalue weighted by atomic mass is 79.9. The van der Waals surface area contributed by atoms with Crippen LogP contribution in [0.3, 0.4) is 0 Å². The number of thiophene rings is 1. The fourth-order valence-electron chi connectivity index (χ4n) is 1.88. The van der Waals surface area contributed by atoms with Gasteiger partial charge in [0.2, 0.25) is 0 Å². The Morgan fingerprint density at radius 2 is 2.00 bits per heavy atom. The summed E-state index contributed by atoms with van der Waals surface area (Å²) in [5.41, 5.74) is 6.82. The predicted octanol–water partition coefficient (Wildman–Crippen LogP) is 5.61. The molecule has 0 amide bonds. The van der Waals surface area contributed by atoms with Crippen molar-refractivity contribution in [3.63, 3.8) is 0 Å². The van der Waals surface area contributed by atoms with E-state index in [-0.39, 0.29) is 6.04 Å². The van der Waals surface area contributed by atoms with E-state index in [0.717, 1.165) is 14.7 Å². The molecule has 2 heterocycles. The number of hydrogen-bond donors (Lipinski definition) is 1. The van der Waals surface area contributed by atoms with Crippen LogP contribution in [0.2, 0.25) is 10.0 Å². The van der Waals surface area contributed by atoms with Gasteiger partial charge in [0.15, 0.2) is 5.58 Å². The molecule has 0 aliphatic heterocycles. The van der Waals surface area contributed by atoms with Gasteiger partial charge >= 0.3 is 0 Å². The molecule has 2 N–H and O–H groups in total. The molecule has 0 bridgehead atoms. The summed E-state index contributed by atoms with van der Waals surface area (Å²) in [6, 6.07) is 7.03. The van der Waals surface area contributed by atoms with Crippen LogP contribution in [0.1, 0.15) is 16.7 Å². The summed E-state index contributed by atoms with van der Waals surface area (Å²) < 4.78 is 6.77. The second-order valence-corrected chi connectivity index (χ2v) is 6.80. The fourth-order valence-corrected chi connectivity index (χ4v) is 3.88. The van der Waals surface area contributed by atoms with E-state index in [1.54, 1.807) is 17.4 Å². The Morgan fingerprint density at radius 1 is 1.21 bits per heavy atom. The quantitative estimate of drug-likeness (QED) is 0.631. The summed E-state index contributed by atoms with van der Waals surface area (Å²) in [6.07, 6.45) is 0. The van der Waals surface area contributed by atoms with Crippen molar-refractivity contribution >= 4 is 61.4 Å². The lowest BCUT2D eigenvalue weighted by Gasteiger charge is -2.04. The number of benzene rings is 1. The molecule has 98 valence electrons. The molecule has 1 aromatic carbocycles. The van der Waals surface area contributed by atoms with Crippen molar-refractivity contribution in [2.45, 2.75) is 6.04 Å². The molecule has 0 radical (unpaired) electrons. The van der Waals surface area contributed by atoms with E-state index in [0.29, 0.717) is 21.4 Å². The van der Waals surface area contributed by atoms with Gasteiger partial charge in [0, 0.05) is 25.1 Å². The predicted molar refractivity (Wildman–Crippen MR) is 84.3 cm³/mol. The Balaban J connectivity index is 2.08. The van der Waals surface area contributed by atoms with Gasteiger partial charge in [-0.1, -0.05) is 23.2 Å². The van der Waals surface area contributed by atoms with E-state index < -0.39 is 0 Å². The first-order valence-electron chi connectivity index (χ1n) is 5.42. The first-order valence-corrected chi connectivity index (χ1v) is 7.85. The van der Waals surface area contributed by atoms with Crippen molar-refractivity contribution in [2.75, 3.05) is 0 Å². The highest BCUT2D eigenvalue weighted by Crippen LogP contribution is 2.35. The highest BCUT2D eigenvalue weighted by molar-refractivity contribution is 9.10. The number of nitrogens with two attached hydrogens (primary N) is 1. The molecule has 0 aliphatic carbocycles. The van der Waals surface area contributed by atoms with Gasteiger partial charge < -0.3 is 10.2 Å². The van der Waals surface area contributed by atoms with Crippen molar-refractivity contribution in [3.05, 3.63) is 54.8 Å². The van der Waals surface area contributed by atoms with E-state index in [2.05, 4.69) is 15.9 Å². The maximum atomic E-state index is 6.20. The molecular formula is C13H8BrCl2NOS. The monoisotopic (exact) mass is 375 g/mol. The SMILES string of the molecule is NC(c1cc2cc(Cl)cc(Cl)c2o1)c1cc(Br)cs1. The lowest BCUT2D eigenvalue weighted by molar-refractivity contribution is 0.528. The number of fused-ring (bicyclic) bond motifs is 1. The van der Waals surface area contributed by atoms with Crippen LogP contribution in [0, 0.1) is 0 Å². The summed E-state index contributed by atoms with van der Waals surface area (Å²) in [5.74, 6) is 0.675. The molecule has 0 aliphatic rings. The third-order valence-electron chi connectivity index (χ3n) is 2.76. The highest BCUT2D eigenvalue weighted by Gasteiger charge is 2.17. The Bertz CT molecular complexity index is 752. The first-order chi connectivity index (χ1) is 9.04. The minimum Gasteiger partial charge on any atom is -0.457 e. The maximum Gasteiger partial charge on any atom is 0.153 e. The van der Waals surface area contributed by atoms with Crippen molar-refractivity contribution in [1.29, 1.82) is 0 Å². The lowest BCUT2D eigenvalue weighted by atomic mass is 10.2. The Morgan fingerprint density at radius 3 is 2.68 bits per heavy atom. The molecule has 1 unspecified atom stereocenters. The number of halogens is 3. The van der Waals surface area contributed by atoms with Gasteiger partial charge in [-0.25, -0.2) is 0 Å². The zero-order valence-electron chi connectivity index (χ0n) is 9.49. The van der Waals surface area contributed by atoms with E-state index in [9.17, 15) is 0 Å². The fraction of sp³-hybridized carbons (Fsp3) is 0.0769. The van der Waals surface area contributed by atoms with Gasteiger partial charge in [-0.15, -0.1) is 11.3 Å². The molecule has 0 saturated carbocycles. The summed E-state index contributed by atoms with van der Waals surface area (Å²) in [6.45, 7) is 0. The molecule has 0 saturated heterocycles. The average molecular weight is 377 g/mol. The Kier molecular flexibility index (Phi) is 3.62. The summed E-state index contributed by atoms with van der Waals surface area (Å²) in [4.78, 5) is 1.02. The summed E-state index contributed by atoms with van der Waals surface area (Å²) in [5, 5.41) is 3.92. The van der Waals surface area contributed by atoms with Gasteiger partial charge in [-0.2, -0.15) is 0 Å². The summed E-state index contributed by atoms with van der Waals surface area (Å²) >= 11 is 17.1. The Hall–Kier alpha value is -0.520. The van der Waals surface area contributed by atoms with Crippen LogP contribution in [0.25, 0.3) is 11.0 Å². The third-order valence-corrected chi connectivity index (χ3v) is 5.03. The van der Waals surface area contributed by atoms with E-state index in [4.69, 9.17) is 33.4 Å². The van der Waals surface area contributed by atoms with Crippen LogP contribution in [0.4, 0.5) is 0 Å². The molecule has 3 rings (SSSR count). The Labute approximate surface area is 132 Å². The van der Waals surface area contributed by atoms with Gasteiger partial charge in [-0.3, -0.25) is 0 Å². The minimum absolute atomic E-state index is 0.307. The minimum atomic E-state index is -0.307. The van der Waals surface area contributed by atoms with E-state index in [1.165, 1.54) is 0 Å². The van der Waals surface area contributed by atoms with Crippen LogP contribution in [0.5, 0.6) is 0 Å². The first kappa shape index (κ1) is 13.5. The average Bonchev–Trinajstić information content (AvgIpc) is 2.94. The normalized spacial score (nSPS) is 13.1.